The zero-order valence-electron chi connectivity index (χ0n) is 9.52. The van der Waals surface area contributed by atoms with Crippen molar-refractivity contribution in [1.29, 1.82) is 0 Å². The summed E-state index contributed by atoms with van der Waals surface area (Å²) in [6.07, 6.45) is 14.0. The van der Waals surface area contributed by atoms with Crippen molar-refractivity contribution >= 4 is 0 Å². The van der Waals surface area contributed by atoms with E-state index in [1.165, 1.54) is 57.9 Å². The van der Waals surface area contributed by atoms with Crippen molar-refractivity contribution in [3.05, 3.63) is 12.6 Å². The van der Waals surface area contributed by atoms with E-state index in [0.29, 0.717) is 0 Å². The third kappa shape index (κ3) is 9.74. The third-order valence-corrected chi connectivity index (χ3v) is 2.22. The normalized spacial score (nSPS) is 12.2. The third-order valence-electron chi connectivity index (χ3n) is 2.22. The summed E-state index contributed by atoms with van der Waals surface area (Å²) in [6, 6.07) is 0. The summed E-state index contributed by atoms with van der Waals surface area (Å²) < 4.78 is 6.81. The summed E-state index contributed by atoms with van der Waals surface area (Å²) in [4.78, 5) is 0. The van der Waals surface area contributed by atoms with Crippen LogP contribution in [0.3, 0.4) is 0 Å². The van der Waals surface area contributed by atoms with Crippen LogP contribution in [0.15, 0.2) is 12.6 Å². The maximum atomic E-state index is 6.81. The van der Waals surface area contributed by atoms with Crippen LogP contribution in [0.25, 0.3) is 0 Å². The van der Waals surface area contributed by atoms with Gasteiger partial charge in [0.05, 0.1) is 1.37 Å². The molecule has 0 radical (unpaired) electrons. The lowest BCUT2D eigenvalue weighted by atomic mass is 10.1. The minimum absolute atomic E-state index is 1.10. The van der Waals surface area contributed by atoms with Gasteiger partial charge in [0.15, 0.2) is 0 Å². The molecular weight excluding hydrogens is 144 g/mol. The van der Waals surface area contributed by atoms with E-state index in [1.54, 1.807) is 0 Å². The Kier molecular flexibility index (Phi) is 8.79. The summed E-state index contributed by atoms with van der Waals surface area (Å²) >= 11 is 0. The van der Waals surface area contributed by atoms with Crippen LogP contribution in [-0.4, -0.2) is 0 Å². The number of rotatable bonds is 9. The Balaban J connectivity index is 2.83. The van der Waals surface area contributed by atoms with Crippen molar-refractivity contribution in [2.75, 3.05) is 0 Å². The van der Waals surface area contributed by atoms with Crippen molar-refractivity contribution in [2.24, 2.45) is 0 Å². The molecule has 0 aliphatic heterocycles. The van der Waals surface area contributed by atoms with E-state index in [4.69, 9.17) is 1.37 Å². The Hall–Kier alpha value is -0.260. The maximum Gasteiger partial charge on any atom is 0.0534 e. The summed E-state index contributed by atoms with van der Waals surface area (Å²) in [7, 11) is 0. The maximum absolute atomic E-state index is 6.81. The number of unbranched alkanes of at least 4 members (excludes halogenated alkanes) is 8. The van der Waals surface area contributed by atoms with Gasteiger partial charge in [0.25, 0.3) is 0 Å². The molecule has 0 heteroatoms. The molecular formula is C12H24. The fourth-order valence-electron chi connectivity index (χ4n) is 1.40. The van der Waals surface area contributed by atoms with Gasteiger partial charge >= 0.3 is 0 Å². The van der Waals surface area contributed by atoms with Gasteiger partial charge in [0.1, 0.15) is 0 Å². The molecule has 72 valence electrons. The van der Waals surface area contributed by atoms with Crippen LogP contribution in [0.1, 0.15) is 66.1 Å². The summed E-state index contributed by atoms with van der Waals surface area (Å²) in [6.45, 7) is 3.66. The molecule has 0 rings (SSSR count). The van der Waals surface area contributed by atoms with E-state index in [2.05, 4.69) is 6.92 Å². The summed E-state index contributed by atoms with van der Waals surface area (Å²) in [5, 5.41) is 0. The van der Waals surface area contributed by atoms with Gasteiger partial charge in [-0.3, -0.25) is 0 Å². The average molecular weight is 169 g/mol. The molecule has 0 saturated carbocycles. The zero-order chi connectivity index (χ0) is 9.78. The standard InChI is InChI=1S/C12H24/c1-3-5-7-9-11-12-10-8-6-4-2/h3H,1,4-12H2,2H3/i1D. The highest BCUT2D eigenvalue weighted by Crippen LogP contribution is 2.09. The van der Waals surface area contributed by atoms with Gasteiger partial charge in [-0.15, -0.1) is 6.55 Å². The Morgan fingerprint density at radius 1 is 1.00 bits per heavy atom. The summed E-state index contributed by atoms with van der Waals surface area (Å²) in [5.41, 5.74) is 0. The van der Waals surface area contributed by atoms with Crippen LogP contribution >= 0.6 is 0 Å². The smallest absolute Gasteiger partial charge is 0.0534 e. The van der Waals surface area contributed by atoms with Crippen LogP contribution in [0.2, 0.25) is 0 Å². The highest BCUT2D eigenvalue weighted by atomic mass is 14.0. The number of hydrogen-bond acceptors (Lipinski definition) is 0. The molecule has 0 spiro atoms. The first-order chi connectivity index (χ1) is 6.41. The van der Waals surface area contributed by atoms with Gasteiger partial charge in [-0.1, -0.05) is 57.9 Å². The molecule has 0 atom stereocenters. The fraction of sp³-hybridized carbons (Fsp3) is 0.833. The van der Waals surface area contributed by atoms with Gasteiger partial charge in [0.2, 0.25) is 0 Å². The highest BCUT2D eigenvalue weighted by Gasteiger charge is 1.89. The molecule has 0 fully saturated rings. The molecule has 0 aliphatic carbocycles. The Morgan fingerprint density at radius 2 is 1.58 bits per heavy atom. The molecule has 0 heterocycles. The second-order valence-corrected chi connectivity index (χ2v) is 3.50. The molecule has 0 unspecified atom stereocenters. The fourth-order valence-corrected chi connectivity index (χ4v) is 1.40. The molecule has 0 amide bonds. The highest BCUT2D eigenvalue weighted by molar-refractivity contribution is 4.65. The van der Waals surface area contributed by atoms with Gasteiger partial charge in [-0.05, 0) is 12.8 Å². The Labute approximate surface area is 79.5 Å². The van der Waals surface area contributed by atoms with Gasteiger partial charge in [-0.25, -0.2) is 0 Å². The minimum atomic E-state index is 1.10. The average Bonchev–Trinajstić information content (AvgIpc) is 2.16. The second-order valence-electron chi connectivity index (χ2n) is 3.50. The first-order valence-electron chi connectivity index (χ1n) is 6.03. The van der Waals surface area contributed by atoms with Crippen molar-refractivity contribution in [1.82, 2.24) is 0 Å². The SMILES string of the molecule is [2H]C=CCCCCCCCCCC. The first kappa shape index (κ1) is 9.83. The molecule has 0 nitrogen and oxygen atoms in total. The monoisotopic (exact) mass is 169 g/mol. The second kappa shape index (κ2) is 10.7. The summed E-state index contributed by atoms with van der Waals surface area (Å²) in [5.74, 6) is 0. The lowest BCUT2D eigenvalue weighted by Crippen LogP contribution is -1.79. The van der Waals surface area contributed by atoms with Crippen LogP contribution in [0, 0.1) is 0 Å². The largest absolute Gasteiger partial charge is 0.103 e. The van der Waals surface area contributed by atoms with Crippen LogP contribution in [0.4, 0.5) is 0 Å². The van der Waals surface area contributed by atoms with Crippen molar-refractivity contribution in [3.8, 4) is 0 Å². The Bertz CT molecular complexity index is 108. The van der Waals surface area contributed by atoms with Crippen LogP contribution in [-0.2, 0) is 0 Å². The molecule has 0 saturated heterocycles. The van der Waals surface area contributed by atoms with Gasteiger partial charge < -0.3 is 0 Å². The van der Waals surface area contributed by atoms with Crippen LogP contribution < -0.4 is 0 Å². The predicted molar refractivity (Wildman–Crippen MR) is 57.4 cm³/mol. The Morgan fingerprint density at radius 3 is 2.17 bits per heavy atom. The number of hydrogen-bond donors (Lipinski definition) is 0. The zero-order valence-corrected chi connectivity index (χ0v) is 8.52. The van der Waals surface area contributed by atoms with E-state index >= 15 is 0 Å². The van der Waals surface area contributed by atoms with E-state index in [9.17, 15) is 0 Å². The van der Waals surface area contributed by atoms with Crippen molar-refractivity contribution < 1.29 is 1.37 Å². The minimum Gasteiger partial charge on any atom is -0.103 e. The van der Waals surface area contributed by atoms with E-state index in [1.807, 2.05) is 6.08 Å². The van der Waals surface area contributed by atoms with Crippen molar-refractivity contribution in [2.45, 2.75) is 64.7 Å². The molecule has 0 bridgehead atoms. The van der Waals surface area contributed by atoms with Crippen molar-refractivity contribution in [3.63, 3.8) is 0 Å². The molecule has 0 N–H and O–H groups in total. The molecule has 0 aromatic heterocycles. The van der Waals surface area contributed by atoms with E-state index in [0.717, 1.165) is 6.42 Å². The van der Waals surface area contributed by atoms with Crippen LogP contribution in [0.5, 0.6) is 0 Å². The lowest BCUT2D eigenvalue weighted by molar-refractivity contribution is 0.578. The van der Waals surface area contributed by atoms with Gasteiger partial charge in [0, 0.05) is 0 Å². The van der Waals surface area contributed by atoms with E-state index in [-0.39, 0.29) is 0 Å². The number of allylic oxidation sites excluding steroid dienone is 1. The lowest BCUT2D eigenvalue weighted by Gasteiger charge is -1.99. The first-order valence-corrected chi connectivity index (χ1v) is 5.45. The quantitative estimate of drug-likeness (QED) is 0.346. The molecule has 0 aromatic carbocycles. The predicted octanol–water partition coefficient (Wildman–Crippen LogP) is 4.70. The van der Waals surface area contributed by atoms with Gasteiger partial charge in [-0.2, -0.15) is 0 Å². The van der Waals surface area contributed by atoms with E-state index < -0.39 is 0 Å². The topological polar surface area (TPSA) is 0 Å². The molecule has 0 aliphatic rings. The molecule has 0 aromatic rings. The molecule has 12 heavy (non-hydrogen) atoms.